The zero-order chi connectivity index (χ0) is 19.1. The molecule has 5 rings (SSSR count). The predicted molar refractivity (Wildman–Crippen MR) is 103 cm³/mol. The number of nitrogens with zero attached hydrogens (tertiary/aromatic N) is 5. The normalized spacial score (nSPS) is 23.1. The monoisotopic (exact) mass is 369 g/mol. The molecule has 0 saturated carbocycles. The molecule has 3 saturated heterocycles. The second kappa shape index (κ2) is 6.96. The van der Waals surface area contributed by atoms with Crippen molar-refractivity contribution in [3.63, 3.8) is 0 Å². The van der Waals surface area contributed by atoms with E-state index in [0.29, 0.717) is 0 Å². The van der Waals surface area contributed by atoms with E-state index in [0.717, 1.165) is 49.3 Å². The number of amides is 2. The van der Waals surface area contributed by atoms with Gasteiger partial charge in [0.25, 0.3) is 0 Å². The molecular formula is C20H27N5O2. The van der Waals surface area contributed by atoms with Gasteiger partial charge in [-0.1, -0.05) is 12.1 Å². The number of aromatic nitrogens is 2. The molecule has 0 spiro atoms. The Bertz CT molecular complexity index is 874. The number of aryl methyl sites for hydroxylation is 1. The molecule has 0 N–H and O–H groups in total. The molecule has 7 nitrogen and oxygen atoms in total. The van der Waals surface area contributed by atoms with E-state index >= 15 is 0 Å². The van der Waals surface area contributed by atoms with Crippen molar-refractivity contribution in [3.05, 3.63) is 30.1 Å². The van der Waals surface area contributed by atoms with Crippen LogP contribution in [-0.4, -0.2) is 75.8 Å². The Balaban J connectivity index is 1.53. The van der Waals surface area contributed by atoms with Crippen LogP contribution in [0.25, 0.3) is 11.0 Å². The lowest BCUT2D eigenvalue weighted by Crippen LogP contribution is -2.51. The van der Waals surface area contributed by atoms with E-state index in [1.54, 1.807) is 19.0 Å². The number of carbonyl (C=O) groups excluding carboxylic acids is 2. The number of hydrogen-bond donors (Lipinski definition) is 0. The third kappa shape index (κ3) is 3.32. The first-order valence-electron chi connectivity index (χ1n) is 9.57. The fraction of sp³-hybridized carbons (Fsp3) is 0.550. The number of rotatable bonds is 4. The second-order valence-corrected chi connectivity index (χ2v) is 7.95. The number of likely N-dealkylation sites (N-methyl/N-ethyl adjacent to an activating group) is 1. The van der Waals surface area contributed by atoms with Crippen LogP contribution in [0.5, 0.6) is 0 Å². The first-order valence-corrected chi connectivity index (χ1v) is 9.57. The third-order valence-electron chi connectivity index (χ3n) is 5.92. The number of imidazole rings is 1. The molecule has 0 aliphatic carbocycles. The summed E-state index contributed by atoms with van der Waals surface area (Å²) in [5.74, 6) is 1.11. The Morgan fingerprint density at radius 2 is 2.00 bits per heavy atom. The summed E-state index contributed by atoms with van der Waals surface area (Å²) in [5, 5.41) is 0. The lowest BCUT2D eigenvalue weighted by molar-refractivity contribution is -0.145. The van der Waals surface area contributed by atoms with Crippen LogP contribution >= 0.6 is 0 Å². The van der Waals surface area contributed by atoms with Crippen molar-refractivity contribution in [2.75, 3.05) is 33.7 Å². The maximum Gasteiger partial charge on any atom is 0.241 e. The van der Waals surface area contributed by atoms with Crippen LogP contribution in [0, 0.1) is 5.92 Å². The van der Waals surface area contributed by atoms with Crippen molar-refractivity contribution in [2.24, 2.45) is 13.0 Å². The number of piperidine rings is 1. The van der Waals surface area contributed by atoms with Crippen molar-refractivity contribution in [3.8, 4) is 0 Å². The van der Waals surface area contributed by atoms with Crippen LogP contribution in [0.4, 0.5) is 0 Å². The minimum Gasteiger partial charge on any atom is -0.347 e. The molecule has 1 aromatic heterocycles. The van der Waals surface area contributed by atoms with Gasteiger partial charge in [-0.3, -0.25) is 14.5 Å². The zero-order valence-electron chi connectivity index (χ0n) is 16.3. The van der Waals surface area contributed by atoms with Gasteiger partial charge in [0.2, 0.25) is 11.8 Å². The van der Waals surface area contributed by atoms with Crippen molar-refractivity contribution in [1.29, 1.82) is 0 Å². The average Bonchev–Trinajstić information content (AvgIpc) is 2.78. The van der Waals surface area contributed by atoms with E-state index in [1.807, 2.05) is 30.1 Å². The van der Waals surface area contributed by atoms with Gasteiger partial charge in [0, 0.05) is 40.3 Å². The molecule has 144 valence electrons. The number of carbonyl (C=O) groups is 2. The number of benzene rings is 1. The van der Waals surface area contributed by atoms with E-state index in [1.165, 1.54) is 0 Å². The molecule has 3 aliphatic rings. The summed E-state index contributed by atoms with van der Waals surface area (Å²) < 4.78 is 2.14. The highest BCUT2D eigenvalue weighted by molar-refractivity contribution is 5.87. The first kappa shape index (κ1) is 18.0. The number of fused-ring (bicyclic) bond motifs is 5. The van der Waals surface area contributed by atoms with E-state index in [2.05, 4.69) is 15.5 Å². The summed E-state index contributed by atoms with van der Waals surface area (Å²) in [5.41, 5.74) is 2.13. The predicted octanol–water partition coefficient (Wildman–Crippen LogP) is 1.08. The van der Waals surface area contributed by atoms with Gasteiger partial charge in [0.05, 0.1) is 23.5 Å². The molecule has 2 atom stereocenters. The van der Waals surface area contributed by atoms with Gasteiger partial charge in [0.15, 0.2) is 0 Å². The third-order valence-corrected chi connectivity index (χ3v) is 5.92. The highest BCUT2D eigenvalue weighted by Crippen LogP contribution is 2.30. The lowest BCUT2D eigenvalue weighted by Gasteiger charge is -2.36. The fourth-order valence-corrected chi connectivity index (χ4v) is 4.29. The van der Waals surface area contributed by atoms with Gasteiger partial charge in [-0.25, -0.2) is 4.98 Å². The molecule has 2 aromatic rings. The van der Waals surface area contributed by atoms with E-state index < -0.39 is 0 Å². The highest BCUT2D eigenvalue weighted by atomic mass is 16.2. The molecule has 1 aromatic carbocycles. The Labute approximate surface area is 159 Å². The summed E-state index contributed by atoms with van der Waals surface area (Å²) in [4.78, 5) is 35.5. The molecular weight excluding hydrogens is 342 g/mol. The topological polar surface area (TPSA) is 61.7 Å². The second-order valence-electron chi connectivity index (χ2n) is 7.95. The van der Waals surface area contributed by atoms with Gasteiger partial charge < -0.3 is 14.4 Å². The van der Waals surface area contributed by atoms with Crippen LogP contribution in [-0.2, 0) is 23.2 Å². The highest BCUT2D eigenvalue weighted by Gasteiger charge is 2.41. The molecule has 4 heterocycles. The molecule has 2 amide bonds. The molecule has 0 radical (unpaired) electrons. The van der Waals surface area contributed by atoms with Crippen molar-refractivity contribution < 1.29 is 9.59 Å². The number of hydrogen-bond acceptors (Lipinski definition) is 4. The van der Waals surface area contributed by atoms with E-state index in [-0.39, 0.29) is 30.3 Å². The zero-order valence-corrected chi connectivity index (χ0v) is 16.3. The quantitative estimate of drug-likeness (QED) is 0.809. The standard InChI is InChI=1S/C20H27N5O2/c1-22(2)19(26)13-25-15-9-8-14(20(25)27)10-24(11-15)12-18-21-16-6-4-5-7-17(16)23(18)3/h4-7,14-15H,8-13H2,1-3H3/t14-,15+/m1/s1. The largest absolute Gasteiger partial charge is 0.347 e. The molecule has 3 fully saturated rings. The van der Waals surface area contributed by atoms with Gasteiger partial charge in [-0.15, -0.1) is 0 Å². The Morgan fingerprint density at radius 3 is 2.74 bits per heavy atom. The minimum atomic E-state index is -0.0200. The molecule has 3 aliphatic heterocycles. The molecule has 0 unspecified atom stereocenters. The van der Waals surface area contributed by atoms with Crippen molar-refractivity contribution in [2.45, 2.75) is 25.4 Å². The Morgan fingerprint density at radius 1 is 1.22 bits per heavy atom. The fourth-order valence-electron chi connectivity index (χ4n) is 4.29. The van der Waals surface area contributed by atoms with Crippen molar-refractivity contribution in [1.82, 2.24) is 24.3 Å². The van der Waals surface area contributed by atoms with E-state index in [9.17, 15) is 9.59 Å². The number of para-hydroxylation sites is 2. The first-order chi connectivity index (χ1) is 12.9. The maximum atomic E-state index is 12.9. The summed E-state index contributed by atoms with van der Waals surface area (Å²) in [6.45, 7) is 2.45. The molecule has 7 heteroatoms. The Hall–Kier alpha value is -2.41. The van der Waals surface area contributed by atoms with Crippen LogP contribution in [0.3, 0.4) is 0 Å². The maximum absolute atomic E-state index is 12.9. The Kier molecular flexibility index (Phi) is 4.63. The van der Waals surface area contributed by atoms with Crippen LogP contribution in [0.1, 0.15) is 18.7 Å². The summed E-state index contributed by atoms with van der Waals surface area (Å²) >= 11 is 0. The lowest BCUT2D eigenvalue weighted by atomic mass is 9.94. The summed E-state index contributed by atoms with van der Waals surface area (Å²) in [6, 6.07) is 8.25. The smallest absolute Gasteiger partial charge is 0.241 e. The van der Waals surface area contributed by atoms with Crippen LogP contribution in [0.15, 0.2) is 24.3 Å². The molecule has 27 heavy (non-hydrogen) atoms. The summed E-state index contributed by atoms with van der Waals surface area (Å²) in [6.07, 6.45) is 1.88. The van der Waals surface area contributed by atoms with Crippen LogP contribution < -0.4 is 0 Å². The average molecular weight is 369 g/mol. The van der Waals surface area contributed by atoms with Crippen molar-refractivity contribution >= 4 is 22.8 Å². The minimum absolute atomic E-state index is 0.0159. The SMILES string of the molecule is CN(C)C(=O)CN1C(=O)[C@@H]2CC[C@H]1CN(Cc1nc3ccccc3n1C)C2. The van der Waals surface area contributed by atoms with Gasteiger partial charge in [-0.2, -0.15) is 0 Å². The van der Waals surface area contributed by atoms with Crippen LogP contribution in [0.2, 0.25) is 0 Å². The molecule has 2 bridgehead atoms. The van der Waals surface area contributed by atoms with Gasteiger partial charge >= 0.3 is 0 Å². The van der Waals surface area contributed by atoms with Gasteiger partial charge in [-0.05, 0) is 25.0 Å². The van der Waals surface area contributed by atoms with E-state index in [4.69, 9.17) is 4.98 Å². The van der Waals surface area contributed by atoms with Gasteiger partial charge in [0.1, 0.15) is 12.4 Å². The summed E-state index contributed by atoms with van der Waals surface area (Å²) in [7, 11) is 5.52.